The number of aryl methyl sites for hydroxylation is 1. The average Bonchev–Trinajstić information content (AvgIpc) is 3.14. The zero-order valence-corrected chi connectivity index (χ0v) is 19.3. The van der Waals surface area contributed by atoms with Crippen LogP contribution < -0.4 is 10.6 Å². The van der Waals surface area contributed by atoms with E-state index in [-0.39, 0.29) is 12.3 Å². The predicted octanol–water partition coefficient (Wildman–Crippen LogP) is 4.82. The normalized spacial score (nSPS) is 12.2. The Balaban J connectivity index is 1.75. The van der Waals surface area contributed by atoms with E-state index < -0.39 is 17.7 Å². The van der Waals surface area contributed by atoms with Gasteiger partial charge in [-0.1, -0.05) is 41.9 Å². The maximum Gasteiger partial charge on any atom is 0.408 e. The smallest absolute Gasteiger partial charge is 0.408 e. The first-order chi connectivity index (χ1) is 15.1. The van der Waals surface area contributed by atoms with Crippen molar-refractivity contribution in [3.63, 3.8) is 0 Å². The third kappa shape index (κ3) is 6.34. The van der Waals surface area contributed by atoms with Gasteiger partial charge in [0, 0.05) is 24.2 Å². The number of imidazole rings is 1. The Morgan fingerprint density at radius 2 is 1.81 bits per heavy atom. The molecule has 0 saturated heterocycles. The molecule has 0 fully saturated rings. The molecule has 2 aromatic carbocycles. The number of hydrogen-bond donors (Lipinski definition) is 2. The number of carbonyl (C=O) groups is 2. The molecule has 8 heteroatoms. The van der Waals surface area contributed by atoms with Gasteiger partial charge in [0.15, 0.2) is 0 Å². The van der Waals surface area contributed by atoms with Crippen molar-refractivity contribution in [3.8, 4) is 11.3 Å². The Hall–Kier alpha value is -3.32. The minimum atomic E-state index is -0.874. The quantitative estimate of drug-likeness (QED) is 0.559. The van der Waals surface area contributed by atoms with E-state index in [9.17, 15) is 9.59 Å². The van der Waals surface area contributed by atoms with Crippen LogP contribution in [0.4, 0.5) is 10.5 Å². The Morgan fingerprint density at radius 3 is 2.41 bits per heavy atom. The van der Waals surface area contributed by atoms with Crippen molar-refractivity contribution < 1.29 is 14.3 Å². The second kappa shape index (κ2) is 9.87. The summed E-state index contributed by atoms with van der Waals surface area (Å²) in [5.41, 5.74) is 2.61. The van der Waals surface area contributed by atoms with Crippen molar-refractivity contribution in [1.82, 2.24) is 14.9 Å². The van der Waals surface area contributed by atoms with E-state index >= 15 is 0 Å². The van der Waals surface area contributed by atoms with Gasteiger partial charge in [0.2, 0.25) is 5.91 Å². The average molecular weight is 455 g/mol. The molecule has 2 N–H and O–H groups in total. The lowest BCUT2D eigenvalue weighted by Crippen LogP contribution is -2.47. The van der Waals surface area contributed by atoms with Crippen LogP contribution in [0.15, 0.2) is 61.1 Å². The molecule has 0 bridgehead atoms. The maximum absolute atomic E-state index is 13.1. The monoisotopic (exact) mass is 454 g/mol. The number of alkyl carbamates (subject to hydrolysis) is 1. The first kappa shape index (κ1) is 23.3. The van der Waals surface area contributed by atoms with E-state index in [0.717, 1.165) is 16.8 Å². The van der Waals surface area contributed by atoms with Crippen LogP contribution in [0.5, 0.6) is 0 Å². The van der Waals surface area contributed by atoms with Crippen molar-refractivity contribution in [2.24, 2.45) is 7.05 Å². The summed E-state index contributed by atoms with van der Waals surface area (Å²) in [4.78, 5) is 29.5. The minimum absolute atomic E-state index is 0.220. The molecule has 0 aliphatic heterocycles. The molecule has 168 valence electrons. The molecule has 3 aromatic rings. The number of nitrogens with zero attached hydrogens (tertiary/aromatic N) is 2. The number of benzene rings is 2. The number of ether oxygens (including phenoxy) is 1. The number of rotatable bonds is 6. The molecule has 0 unspecified atom stereocenters. The molecule has 7 nitrogen and oxygen atoms in total. The number of aromatic nitrogens is 2. The van der Waals surface area contributed by atoms with Crippen molar-refractivity contribution in [3.05, 3.63) is 71.6 Å². The van der Waals surface area contributed by atoms with Crippen LogP contribution in [0.2, 0.25) is 5.02 Å². The van der Waals surface area contributed by atoms with Crippen LogP contribution in [0, 0.1) is 0 Å². The number of nitrogens with one attached hydrogen (secondary N) is 2. The molecule has 0 saturated carbocycles. The molecule has 0 spiro atoms. The van der Waals surface area contributed by atoms with Crippen molar-refractivity contribution in [2.45, 2.75) is 38.8 Å². The summed E-state index contributed by atoms with van der Waals surface area (Å²) in [5, 5.41) is 6.05. The van der Waals surface area contributed by atoms with Crippen LogP contribution in [0.1, 0.15) is 26.3 Å². The highest BCUT2D eigenvalue weighted by atomic mass is 35.5. The second-order valence-corrected chi connectivity index (χ2v) is 8.86. The van der Waals surface area contributed by atoms with Crippen molar-refractivity contribution >= 4 is 29.3 Å². The van der Waals surface area contributed by atoms with Crippen molar-refractivity contribution in [2.75, 3.05) is 5.32 Å². The van der Waals surface area contributed by atoms with Crippen LogP contribution in [0.3, 0.4) is 0 Å². The first-order valence-electron chi connectivity index (χ1n) is 10.2. The largest absolute Gasteiger partial charge is 0.444 e. The summed E-state index contributed by atoms with van der Waals surface area (Å²) < 4.78 is 7.25. The third-order valence-corrected chi connectivity index (χ3v) is 5.02. The van der Waals surface area contributed by atoms with E-state index in [1.54, 1.807) is 51.5 Å². The Kier molecular flexibility index (Phi) is 7.20. The van der Waals surface area contributed by atoms with E-state index in [4.69, 9.17) is 16.3 Å². The SMILES string of the molecule is Cn1cncc1-c1ccc(NC(=O)[C@H](Cc2ccccc2Cl)NC(=O)OC(C)(C)C)cc1. The van der Waals surface area contributed by atoms with Gasteiger partial charge in [-0.25, -0.2) is 9.78 Å². The topological polar surface area (TPSA) is 85.3 Å². The number of carbonyl (C=O) groups excluding carboxylic acids is 2. The second-order valence-electron chi connectivity index (χ2n) is 8.45. The molecule has 2 amide bonds. The summed E-state index contributed by atoms with van der Waals surface area (Å²) >= 11 is 6.27. The Labute approximate surface area is 192 Å². The van der Waals surface area contributed by atoms with E-state index in [1.807, 2.05) is 41.9 Å². The van der Waals surface area contributed by atoms with E-state index in [1.165, 1.54) is 0 Å². The number of amides is 2. The summed E-state index contributed by atoms with van der Waals surface area (Å²) in [7, 11) is 1.92. The van der Waals surface area contributed by atoms with Gasteiger partial charge in [-0.05, 0) is 50.1 Å². The number of halogens is 1. The van der Waals surface area contributed by atoms with Crippen molar-refractivity contribution in [1.29, 1.82) is 0 Å². The number of anilines is 1. The summed E-state index contributed by atoms with van der Waals surface area (Å²) in [6, 6.07) is 13.8. The number of hydrogen-bond acceptors (Lipinski definition) is 4. The zero-order valence-electron chi connectivity index (χ0n) is 18.6. The van der Waals surface area contributed by atoms with Gasteiger partial charge in [-0.3, -0.25) is 4.79 Å². The highest BCUT2D eigenvalue weighted by molar-refractivity contribution is 6.31. The fraction of sp³-hybridized carbons (Fsp3) is 0.292. The summed E-state index contributed by atoms with van der Waals surface area (Å²) in [6.07, 6.45) is 3.05. The molecular formula is C24H27ClN4O3. The molecule has 1 aromatic heterocycles. The van der Waals surface area contributed by atoms with Crippen LogP contribution in [0.25, 0.3) is 11.3 Å². The van der Waals surface area contributed by atoms with Gasteiger partial charge >= 0.3 is 6.09 Å². The molecule has 0 aliphatic rings. The maximum atomic E-state index is 13.1. The zero-order chi connectivity index (χ0) is 23.3. The highest BCUT2D eigenvalue weighted by Crippen LogP contribution is 2.21. The van der Waals surface area contributed by atoms with Gasteiger partial charge in [0.1, 0.15) is 11.6 Å². The lowest BCUT2D eigenvalue weighted by atomic mass is 10.0. The van der Waals surface area contributed by atoms with Gasteiger partial charge < -0.3 is 19.9 Å². The Morgan fingerprint density at radius 1 is 1.12 bits per heavy atom. The van der Waals surface area contributed by atoms with Gasteiger partial charge in [-0.2, -0.15) is 0 Å². The van der Waals surface area contributed by atoms with E-state index in [2.05, 4.69) is 15.6 Å². The molecule has 32 heavy (non-hydrogen) atoms. The van der Waals surface area contributed by atoms with Gasteiger partial charge in [0.05, 0.1) is 18.2 Å². The highest BCUT2D eigenvalue weighted by Gasteiger charge is 2.25. The Bertz CT molecular complexity index is 1090. The first-order valence-corrected chi connectivity index (χ1v) is 10.6. The van der Waals surface area contributed by atoms with E-state index in [0.29, 0.717) is 10.7 Å². The molecule has 1 atom stereocenters. The third-order valence-electron chi connectivity index (χ3n) is 4.65. The fourth-order valence-electron chi connectivity index (χ4n) is 3.13. The standard InChI is InChI=1S/C24H27ClN4O3/c1-24(2,3)32-23(31)28-20(13-17-7-5-6-8-19(17)25)22(30)27-18-11-9-16(10-12-18)21-14-26-15-29(21)4/h5-12,14-15,20H,13H2,1-4H3,(H,27,30)(H,28,31)/t20-/m0/s1. The summed E-state index contributed by atoms with van der Waals surface area (Å²) in [5.74, 6) is -0.371. The molecule has 0 radical (unpaired) electrons. The fourth-order valence-corrected chi connectivity index (χ4v) is 3.34. The predicted molar refractivity (Wildman–Crippen MR) is 126 cm³/mol. The van der Waals surface area contributed by atoms with Crippen LogP contribution >= 0.6 is 11.6 Å². The molecule has 1 heterocycles. The molecular weight excluding hydrogens is 428 g/mol. The lowest BCUT2D eigenvalue weighted by molar-refractivity contribution is -0.118. The molecule has 0 aliphatic carbocycles. The van der Waals surface area contributed by atoms with Gasteiger partial charge in [0.25, 0.3) is 0 Å². The lowest BCUT2D eigenvalue weighted by Gasteiger charge is -2.23. The molecule has 3 rings (SSSR count). The summed E-state index contributed by atoms with van der Waals surface area (Å²) in [6.45, 7) is 5.29. The minimum Gasteiger partial charge on any atom is -0.444 e. The van der Waals surface area contributed by atoms with Gasteiger partial charge in [-0.15, -0.1) is 0 Å². The van der Waals surface area contributed by atoms with Crippen LogP contribution in [-0.4, -0.2) is 33.2 Å². The van der Waals surface area contributed by atoms with Crippen LogP contribution in [-0.2, 0) is 23.0 Å².